The molecule has 0 saturated carbocycles. The smallest absolute Gasteiger partial charge is 0.344 e. The van der Waals surface area contributed by atoms with E-state index in [1.807, 2.05) is 30.3 Å². The predicted molar refractivity (Wildman–Crippen MR) is 109 cm³/mol. The summed E-state index contributed by atoms with van der Waals surface area (Å²) in [6.45, 7) is 3.19. The standard InChI is InChI=1S/C21H25ClN2O4/c1-2-27-21(26)13-28-18-6-7-19-15(10-18)9-17(11-24-19)23-12-20(25)14-4-3-5-16(22)8-14/h3-8,10,17,20,23-25H,2,9,11-13H2,1H3/t17?,20-/m0/s1. The molecule has 7 heteroatoms. The molecule has 2 aromatic carbocycles. The molecule has 6 nitrogen and oxygen atoms in total. The summed E-state index contributed by atoms with van der Waals surface area (Å²) in [5.41, 5.74) is 2.94. The van der Waals surface area contributed by atoms with Crippen LogP contribution in [-0.2, 0) is 16.0 Å². The average molecular weight is 405 g/mol. The Morgan fingerprint density at radius 1 is 1.36 bits per heavy atom. The van der Waals surface area contributed by atoms with E-state index < -0.39 is 6.10 Å². The molecule has 0 bridgehead atoms. The Balaban J connectivity index is 1.54. The Kier molecular flexibility index (Phi) is 7.14. The van der Waals surface area contributed by atoms with Gasteiger partial charge in [-0.1, -0.05) is 23.7 Å². The summed E-state index contributed by atoms with van der Waals surface area (Å²) in [6, 6.07) is 13.1. The summed E-state index contributed by atoms with van der Waals surface area (Å²) in [5.74, 6) is 0.251. The van der Waals surface area contributed by atoms with Crippen LogP contribution in [0.4, 0.5) is 5.69 Å². The number of esters is 1. The fourth-order valence-electron chi connectivity index (χ4n) is 3.17. The van der Waals surface area contributed by atoms with Gasteiger partial charge in [0.2, 0.25) is 0 Å². The van der Waals surface area contributed by atoms with Crippen molar-refractivity contribution >= 4 is 23.3 Å². The molecular formula is C21H25ClN2O4. The lowest BCUT2D eigenvalue weighted by atomic mass is 9.99. The number of rotatable bonds is 8. The molecule has 1 aliphatic heterocycles. The first-order valence-corrected chi connectivity index (χ1v) is 9.75. The van der Waals surface area contributed by atoms with Crippen LogP contribution >= 0.6 is 11.6 Å². The topological polar surface area (TPSA) is 79.8 Å². The largest absolute Gasteiger partial charge is 0.482 e. The van der Waals surface area contributed by atoms with Crippen molar-refractivity contribution in [3.8, 4) is 5.75 Å². The number of benzene rings is 2. The van der Waals surface area contributed by atoms with Crippen molar-refractivity contribution in [2.45, 2.75) is 25.5 Å². The molecule has 0 aliphatic carbocycles. The van der Waals surface area contributed by atoms with Gasteiger partial charge >= 0.3 is 5.97 Å². The molecule has 2 atom stereocenters. The van der Waals surface area contributed by atoms with Gasteiger partial charge in [-0.05, 0) is 54.8 Å². The third kappa shape index (κ3) is 5.61. The number of hydrogen-bond acceptors (Lipinski definition) is 6. The summed E-state index contributed by atoms with van der Waals surface area (Å²) in [4.78, 5) is 11.4. The Labute approximate surface area is 169 Å². The van der Waals surface area contributed by atoms with Crippen molar-refractivity contribution in [3.05, 3.63) is 58.6 Å². The summed E-state index contributed by atoms with van der Waals surface area (Å²) in [7, 11) is 0. The number of hydrogen-bond donors (Lipinski definition) is 3. The summed E-state index contributed by atoms with van der Waals surface area (Å²) < 4.78 is 10.4. The number of anilines is 1. The van der Waals surface area contributed by atoms with Gasteiger partial charge < -0.3 is 25.2 Å². The van der Waals surface area contributed by atoms with Crippen molar-refractivity contribution in [2.75, 3.05) is 31.6 Å². The maximum Gasteiger partial charge on any atom is 0.344 e. The van der Waals surface area contributed by atoms with Crippen LogP contribution in [0.1, 0.15) is 24.2 Å². The maximum atomic E-state index is 11.4. The molecule has 0 radical (unpaired) electrons. The molecule has 1 aliphatic rings. The van der Waals surface area contributed by atoms with Gasteiger partial charge in [-0.3, -0.25) is 0 Å². The lowest BCUT2D eigenvalue weighted by Gasteiger charge is -2.28. The number of aliphatic hydroxyl groups is 1. The zero-order chi connectivity index (χ0) is 19.9. The fraction of sp³-hybridized carbons (Fsp3) is 0.381. The first-order chi connectivity index (χ1) is 13.5. The van der Waals surface area contributed by atoms with Crippen LogP contribution in [0.3, 0.4) is 0 Å². The van der Waals surface area contributed by atoms with Gasteiger partial charge in [-0.25, -0.2) is 4.79 Å². The second-order valence-corrected chi connectivity index (χ2v) is 7.11. The minimum Gasteiger partial charge on any atom is -0.482 e. The lowest BCUT2D eigenvalue weighted by molar-refractivity contribution is -0.145. The normalized spacial score (nSPS) is 16.6. The first-order valence-electron chi connectivity index (χ1n) is 9.37. The Bertz CT molecular complexity index is 815. The van der Waals surface area contributed by atoms with E-state index in [0.717, 1.165) is 29.8 Å². The molecule has 1 unspecified atom stereocenters. The SMILES string of the molecule is CCOC(=O)COc1ccc2c(c1)CC(NC[C@H](O)c1cccc(Cl)c1)CN2. The maximum absolute atomic E-state index is 11.4. The number of carbonyl (C=O) groups is 1. The van der Waals surface area contributed by atoms with Gasteiger partial charge in [0.15, 0.2) is 6.61 Å². The van der Waals surface area contributed by atoms with Crippen molar-refractivity contribution in [1.29, 1.82) is 0 Å². The summed E-state index contributed by atoms with van der Waals surface area (Å²) in [6.07, 6.45) is 0.167. The van der Waals surface area contributed by atoms with Crippen molar-refractivity contribution in [1.82, 2.24) is 5.32 Å². The van der Waals surface area contributed by atoms with E-state index in [-0.39, 0.29) is 18.6 Å². The van der Waals surface area contributed by atoms with E-state index in [2.05, 4.69) is 10.6 Å². The highest BCUT2D eigenvalue weighted by atomic mass is 35.5. The number of ether oxygens (including phenoxy) is 2. The van der Waals surface area contributed by atoms with Gasteiger partial charge in [0.05, 0.1) is 12.7 Å². The van der Waals surface area contributed by atoms with Crippen LogP contribution in [0.15, 0.2) is 42.5 Å². The number of nitrogens with one attached hydrogen (secondary N) is 2. The highest BCUT2D eigenvalue weighted by Crippen LogP contribution is 2.27. The van der Waals surface area contributed by atoms with Gasteiger partial charge in [0.1, 0.15) is 5.75 Å². The van der Waals surface area contributed by atoms with Gasteiger partial charge in [-0.15, -0.1) is 0 Å². The number of fused-ring (bicyclic) bond motifs is 1. The minimum atomic E-state index is -0.626. The number of aliphatic hydroxyl groups excluding tert-OH is 1. The monoisotopic (exact) mass is 404 g/mol. The average Bonchev–Trinajstić information content (AvgIpc) is 2.70. The van der Waals surface area contributed by atoms with E-state index in [1.54, 1.807) is 19.1 Å². The van der Waals surface area contributed by atoms with Crippen LogP contribution < -0.4 is 15.4 Å². The lowest BCUT2D eigenvalue weighted by Crippen LogP contribution is -2.42. The summed E-state index contributed by atoms with van der Waals surface area (Å²) >= 11 is 5.99. The van der Waals surface area contributed by atoms with Crippen molar-refractivity contribution < 1.29 is 19.4 Å². The third-order valence-corrected chi connectivity index (χ3v) is 4.81. The molecule has 0 aromatic heterocycles. The van der Waals surface area contributed by atoms with Crippen LogP contribution in [0.25, 0.3) is 0 Å². The van der Waals surface area contributed by atoms with E-state index in [1.165, 1.54) is 0 Å². The molecule has 0 amide bonds. The van der Waals surface area contributed by atoms with E-state index in [0.29, 0.717) is 23.9 Å². The molecule has 3 rings (SSSR count). The Morgan fingerprint density at radius 2 is 2.21 bits per heavy atom. The summed E-state index contributed by atoms with van der Waals surface area (Å²) in [5, 5.41) is 17.8. The predicted octanol–water partition coefficient (Wildman–Crippen LogP) is 2.94. The van der Waals surface area contributed by atoms with Crippen LogP contribution in [-0.4, -0.2) is 43.4 Å². The zero-order valence-electron chi connectivity index (χ0n) is 15.8. The van der Waals surface area contributed by atoms with Crippen LogP contribution in [0, 0.1) is 0 Å². The second kappa shape index (κ2) is 9.78. The molecular weight excluding hydrogens is 380 g/mol. The molecule has 0 spiro atoms. The highest BCUT2D eigenvalue weighted by molar-refractivity contribution is 6.30. The molecule has 2 aromatic rings. The second-order valence-electron chi connectivity index (χ2n) is 6.67. The van der Waals surface area contributed by atoms with E-state index in [9.17, 15) is 9.90 Å². The number of halogens is 1. The van der Waals surface area contributed by atoms with Crippen molar-refractivity contribution in [2.24, 2.45) is 0 Å². The molecule has 1 heterocycles. The Hall–Kier alpha value is -2.28. The first kappa shape index (κ1) is 20.5. The number of carbonyl (C=O) groups excluding carboxylic acids is 1. The molecule has 0 saturated heterocycles. The fourth-order valence-corrected chi connectivity index (χ4v) is 3.37. The van der Waals surface area contributed by atoms with Gasteiger partial charge in [-0.2, -0.15) is 0 Å². The quantitative estimate of drug-likeness (QED) is 0.587. The van der Waals surface area contributed by atoms with Gasteiger partial charge in [0.25, 0.3) is 0 Å². The van der Waals surface area contributed by atoms with Crippen LogP contribution in [0.5, 0.6) is 5.75 Å². The molecule has 0 fully saturated rings. The minimum absolute atomic E-state index is 0.104. The molecule has 150 valence electrons. The zero-order valence-corrected chi connectivity index (χ0v) is 16.5. The highest BCUT2D eigenvalue weighted by Gasteiger charge is 2.20. The van der Waals surface area contributed by atoms with Crippen molar-refractivity contribution in [3.63, 3.8) is 0 Å². The molecule has 28 heavy (non-hydrogen) atoms. The molecule has 3 N–H and O–H groups in total. The van der Waals surface area contributed by atoms with Gasteiger partial charge in [0, 0.05) is 29.8 Å². The van der Waals surface area contributed by atoms with E-state index >= 15 is 0 Å². The third-order valence-electron chi connectivity index (χ3n) is 4.58. The van der Waals surface area contributed by atoms with Crippen LogP contribution in [0.2, 0.25) is 5.02 Å². The Morgan fingerprint density at radius 3 is 3.00 bits per heavy atom. The van der Waals surface area contributed by atoms with E-state index in [4.69, 9.17) is 21.1 Å².